The highest BCUT2D eigenvalue weighted by molar-refractivity contribution is 7.86. The highest BCUT2D eigenvalue weighted by Crippen LogP contribution is 2.21. The van der Waals surface area contributed by atoms with Gasteiger partial charge in [0.1, 0.15) is 0 Å². The first kappa shape index (κ1) is 14.8. The minimum Gasteiger partial charge on any atom is -0.369 e. The van der Waals surface area contributed by atoms with Crippen LogP contribution in [0.15, 0.2) is 24.3 Å². The minimum atomic E-state index is -3.24. The third kappa shape index (κ3) is 3.07. The monoisotopic (exact) mass is 309 g/mol. The molecule has 0 spiro atoms. The summed E-state index contributed by atoms with van der Waals surface area (Å²) in [6, 6.07) is 8.39. The lowest BCUT2D eigenvalue weighted by Crippen LogP contribution is -2.52. The van der Waals surface area contributed by atoms with Crippen LogP contribution in [0.25, 0.3) is 0 Å². The van der Waals surface area contributed by atoms with E-state index in [9.17, 15) is 8.42 Å². The molecule has 6 heteroatoms. The molecule has 0 bridgehead atoms. The largest absolute Gasteiger partial charge is 0.369 e. The van der Waals surface area contributed by atoms with Gasteiger partial charge in [-0.3, -0.25) is 0 Å². The van der Waals surface area contributed by atoms with Crippen molar-refractivity contribution in [1.82, 2.24) is 8.61 Å². The van der Waals surface area contributed by atoms with Crippen LogP contribution in [0.4, 0.5) is 5.69 Å². The highest BCUT2D eigenvalue weighted by atomic mass is 32.2. The number of anilines is 1. The lowest BCUT2D eigenvalue weighted by molar-refractivity contribution is 0.343. The molecule has 2 aliphatic heterocycles. The third-order valence-electron chi connectivity index (χ3n) is 4.32. The Balaban J connectivity index is 1.65. The Morgan fingerprint density at radius 1 is 0.905 bits per heavy atom. The molecule has 5 nitrogen and oxygen atoms in total. The second-order valence-electron chi connectivity index (χ2n) is 5.84. The SMILES string of the molecule is Cc1cccc(N2CCN(S(=O)(=O)N3CCCC3)CC2)c1. The van der Waals surface area contributed by atoms with Crippen molar-refractivity contribution < 1.29 is 8.42 Å². The van der Waals surface area contributed by atoms with Crippen LogP contribution in [0.5, 0.6) is 0 Å². The summed E-state index contributed by atoms with van der Waals surface area (Å²) in [6.07, 6.45) is 1.98. The van der Waals surface area contributed by atoms with Crippen molar-refractivity contribution in [3.63, 3.8) is 0 Å². The number of rotatable bonds is 3. The average Bonchev–Trinajstić information content (AvgIpc) is 3.02. The summed E-state index contributed by atoms with van der Waals surface area (Å²) in [6.45, 7) is 6.12. The summed E-state index contributed by atoms with van der Waals surface area (Å²) in [7, 11) is -3.24. The van der Waals surface area contributed by atoms with E-state index >= 15 is 0 Å². The molecule has 0 radical (unpaired) electrons. The van der Waals surface area contributed by atoms with Crippen LogP contribution in [0, 0.1) is 6.92 Å². The van der Waals surface area contributed by atoms with Crippen molar-refractivity contribution in [3.8, 4) is 0 Å². The van der Waals surface area contributed by atoms with Crippen LogP contribution < -0.4 is 4.90 Å². The second kappa shape index (κ2) is 5.94. The van der Waals surface area contributed by atoms with Crippen molar-refractivity contribution in [2.24, 2.45) is 0 Å². The molecule has 2 saturated heterocycles. The Kier molecular flexibility index (Phi) is 4.19. The standard InChI is InChI=1S/C15H23N3O2S/c1-14-5-4-6-15(13-14)16-9-11-18(12-10-16)21(19,20)17-7-2-3-8-17/h4-6,13H,2-3,7-12H2,1H3. The van der Waals surface area contributed by atoms with Crippen molar-refractivity contribution in [2.75, 3.05) is 44.2 Å². The molecular formula is C15H23N3O2S. The zero-order chi connectivity index (χ0) is 14.9. The van der Waals surface area contributed by atoms with Crippen LogP contribution in [-0.2, 0) is 10.2 Å². The Bertz CT molecular complexity index is 589. The van der Waals surface area contributed by atoms with E-state index in [4.69, 9.17) is 0 Å². The second-order valence-corrected chi connectivity index (χ2v) is 7.77. The molecule has 116 valence electrons. The highest BCUT2D eigenvalue weighted by Gasteiger charge is 2.33. The average molecular weight is 309 g/mol. The summed E-state index contributed by atoms with van der Waals surface area (Å²) in [4.78, 5) is 2.27. The minimum absolute atomic E-state index is 0.576. The molecule has 2 heterocycles. The van der Waals surface area contributed by atoms with Gasteiger partial charge in [-0.25, -0.2) is 0 Å². The van der Waals surface area contributed by atoms with Gasteiger partial charge in [0.25, 0.3) is 10.2 Å². The number of aryl methyl sites for hydroxylation is 1. The van der Waals surface area contributed by atoms with E-state index in [2.05, 4.69) is 36.1 Å². The summed E-state index contributed by atoms with van der Waals surface area (Å²) in [5.74, 6) is 0. The van der Waals surface area contributed by atoms with Crippen LogP contribution in [0.3, 0.4) is 0 Å². The first-order chi connectivity index (χ1) is 10.1. The smallest absolute Gasteiger partial charge is 0.282 e. The molecule has 1 aromatic rings. The Labute approximate surface area is 127 Å². The fourth-order valence-electron chi connectivity index (χ4n) is 3.08. The van der Waals surface area contributed by atoms with Gasteiger partial charge in [-0.1, -0.05) is 12.1 Å². The van der Waals surface area contributed by atoms with Gasteiger partial charge in [-0.15, -0.1) is 0 Å². The Morgan fingerprint density at radius 2 is 1.52 bits per heavy atom. The number of hydrogen-bond donors (Lipinski definition) is 0. The van der Waals surface area contributed by atoms with E-state index in [1.165, 1.54) is 11.3 Å². The van der Waals surface area contributed by atoms with Crippen molar-refractivity contribution >= 4 is 15.9 Å². The summed E-state index contributed by atoms with van der Waals surface area (Å²) < 4.78 is 28.3. The lowest BCUT2D eigenvalue weighted by atomic mass is 10.2. The molecule has 0 N–H and O–H groups in total. The maximum Gasteiger partial charge on any atom is 0.282 e. The fourth-order valence-corrected chi connectivity index (χ4v) is 4.75. The molecule has 0 saturated carbocycles. The predicted molar refractivity (Wildman–Crippen MR) is 84.7 cm³/mol. The van der Waals surface area contributed by atoms with E-state index in [-0.39, 0.29) is 0 Å². The summed E-state index contributed by atoms with van der Waals surface area (Å²) >= 11 is 0. The summed E-state index contributed by atoms with van der Waals surface area (Å²) in [5.41, 5.74) is 2.42. The quantitative estimate of drug-likeness (QED) is 0.849. The van der Waals surface area contributed by atoms with E-state index < -0.39 is 10.2 Å². The molecule has 3 rings (SSSR count). The molecule has 0 aliphatic carbocycles. The van der Waals surface area contributed by atoms with Crippen molar-refractivity contribution in [2.45, 2.75) is 19.8 Å². The van der Waals surface area contributed by atoms with Gasteiger partial charge < -0.3 is 4.90 Å². The van der Waals surface area contributed by atoms with Gasteiger partial charge in [-0.2, -0.15) is 17.0 Å². The Hall–Kier alpha value is -1.11. The van der Waals surface area contributed by atoms with Gasteiger partial charge in [-0.05, 0) is 37.5 Å². The Morgan fingerprint density at radius 3 is 2.14 bits per heavy atom. The fraction of sp³-hybridized carbons (Fsp3) is 0.600. The summed E-state index contributed by atoms with van der Waals surface area (Å²) in [5, 5.41) is 0. The van der Waals surface area contributed by atoms with Crippen molar-refractivity contribution in [1.29, 1.82) is 0 Å². The van der Waals surface area contributed by atoms with Crippen LogP contribution in [-0.4, -0.2) is 56.3 Å². The van der Waals surface area contributed by atoms with E-state index in [0.29, 0.717) is 26.2 Å². The molecule has 0 amide bonds. The molecule has 21 heavy (non-hydrogen) atoms. The van der Waals surface area contributed by atoms with E-state index in [1.54, 1.807) is 8.61 Å². The molecule has 1 aromatic carbocycles. The van der Waals surface area contributed by atoms with E-state index in [1.807, 2.05) is 0 Å². The number of hydrogen-bond acceptors (Lipinski definition) is 3. The first-order valence-corrected chi connectivity index (χ1v) is 9.04. The predicted octanol–water partition coefficient (Wildman–Crippen LogP) is 1.46. The number of piperazine rings is 1. The van der Waals surface area contributed by atoms with Gasteiger partial charge in [0.2, 0.25) is 0 Å². The van der Waals surface area contributed by atoms with Gasteiger partial charge >= 0.3 is 0 Å². The third-order valence-corrected chi connectivity index (χ3v) is 6.36. The molecule has 0 aromatic heterocycles. The maximum atomic E-state index is 12.5. The molecule has 2 fully saturated rings. The van der Waals surface area contributed by atoms with Gasteiger partial charge in [0.15, 0.2) is 0 Å². The van der Waals surface area contributed by atoms with E-state index in [0.717, 1.165) is 25.9 Å². The number of nitrogens with zero attached hydrogens (tertiary/aromatic N) is 3. The molecule has 0 atom stereocenters. The topological polar surface area (TPSA) is 43.9 Å². The molecule has 2 aliphatic rings. The normalized spacial score (nSPS) is 21.9. The van der Waals surface area contributed by atoms with Gasteiger partial charge in [0.05, 0.1) is 0 Å². The van der Waals surface area contributed by atoms with Crippen LogP contribution in [0.1, 0.15) is 18.4 Å². The first-order valence-electron chi connectivity index (χ1n) is 7.64. The van der Waals surface area contributed by atoms with Gasteiger partial charge in [0, 0.05) is 45.0 Å². The van der Waals surface area contributed by atoms with Crippen LogP contribution in [0.2, 0.25) is 0 Å². The number of benzene rings is 1. The zero-order valence-corrected chi connectivity index (χ0v) is 13.3. The molecule has 0 unspecified atom stereocenters. The lowest BCUT2D eigenvalue weighted by Gasteiger charge is -2.37. The van der Waals surface area contributed by atoms with Crippen molar-refractivity contribution in [3.05, 3.63) is 29.8 Å². The molecular weight excluding hydrogens is 286 g/mol. The van der Waals surface area contributed by atoms with Crippen LogP contribution >= 0.6 is 0 Å². The zero-order valence-electron chi connectivity index (χ0n) is 12.5. The maximum absolute atomic E-state index is 12.5.